The first-order chi connectivity index (χ1) is 3.83. The molecule has 0 aliphatic carbocycles. The maximum atomic E-state index is 12.1. The molecule has 8 heavy (non-hydrogen) atoms. The van der Waals surface area contributed by atoms with Crippen LogP contribution in [0.2, 0.25) is 0 Å². The average Bonchev–Trinajstić information content (AvgIpc) is 2.14. The van der Waals surface area contributed by atoms with Crippen LogP contribution in [0.3, 0.4) is 0 Å². The zero-order chi connectivity index (χ0) is 5.98. The summed E-state index contributed by atoms with van der Waals surface area (Å²) in [7, 11) is 0. The van der Waals surface area contributed by atoms with Gasteiger partial charge in [0.25, 0.3) is 0 Å². The van der Waals surface area contributed by atoms with Gasteiger partial charge in [-0.3, -0.25) is 0 Å². The van der Waals surface area contributed by atoms with E-state index in [4.69, 9.17) is 0 Å². The molecular weight excluding hydrogens is 112 g/mol. The van der Waals surface area contributed by atoms with E-state index in [1.165, 1.54) is 0 Å². The van der Waals surface area contributed by atoms with Crippen molar-refractivity contribution in [2.75, 3.05) is 13.2 Å². The molecule has 0 spiro atoms. The molecule has 48 valence electrons. The fourth-order valence-electron chi connectivity index (χ4n) is 0.887. The van der Waals surface area contributed by atoms with Crippen molar-refractivity contribution in [3.8, 4) is 0 Å². The number of hydrogen-bond donors (Lipinski definition) is 1. The molecule has 0 unspecified atom stereocenters. The van der Waals surface area contributed by atoms with Crippen LogP contribution in [-0.4, -0.2) is 25.4 Å². The molecule has 0 radical (unpaired) electrons. The number of nitrogens with one attached hydrogen (secondary N) is 1. The summed E-state index contributed by atoms with van der Waals surface area (Å²) in [6, 6.07) is -0.218. The average molecular weight is 121 g/mol. The molecule has 3 heteroatoms. The van der Waals surface area contributed by atoms with E-state index in [0.29, 0.717) is 13.0 Å². The summed E-state index contributed by atoms with van der Waals surface area (Å²) in [5.74, 6) is 0. The van der Waals surface area contributed by atoms with Crippen molar-refractivity contribution >= 4 is 0 Å². The van der Waals surface area contributed by atoms with E-state index >= 15 is 0 Å². The largest absolute Gasteiger partial charge is 0.308 e. The Kier molecular flexibility index (Phi) is 1.78. The summed E-state index contributed by atoms with van der Waals surface area (Å²) < 4.78 is 23.8. The van der Waals surface area contributed by atoms with Gasteiger partial charge in [0.05, 0.1) is 0 Å². The van der Waals surface area contributed by atoms with Crippen molar-refractivity contribution < 1.29 is 8.78 Å². The van der Waals surface area contributed by atoms with Gasteiger partial charge in [-0.25, -0.2) is 8.78 Å². The van der Waals surface area contributed by atoms with Gasteiger partial charge in [-0.05, 0) is 6.42 Å². The second kappa shape index (κ2) is 2.40. The Morgan fingerprint density at radius 2 is 2.38 bits per heavy atom. The van der Waals surface area contributed by atoms with Crippen molar-refractivity contribution in [1.29, 1.82) is 0 Å². The SMILES string of the molecule is FC[C@@H]1C[C@@H](F)CN1. The zero-order valence-electron chi connectivity index (χ0n) is 4.53. The van der Waals surface area contributed by atoms with Crippen LogP contribution in [0.25, 0.3) is 0 Å². The molecule has 0 aromatic carbocycles. The smallest absolute Gasteiger partial charge is 0.114 e. The highest BCUT2D eigenvalue weighted by Gasteiger charge is 2.22. The van der Waals surface area contributed by atoms with E-state index in [2.05, 4.69) is 5.32 Å². The molecule has 0 saturated carbocycles. The van der Waals surface area contributed by atoms with Gasteiger partial charge in [0.1, 0.15) is 12.8 Å². The van der Waals surface area contributed by atoms with Gasteiger partial charge >= 0.3 is 0 Å². The first kappa shape index (κ1) is 5.95. The van der Waals surface area contributed by atoms with E-state index in [-0.39, 0.29) is 6.04 Å². The molecule has 1 aliphatic rings. The molecule has 1 saturated heterocycles. The van der Waals surface area contributed by atoms with Crippen molar-refractivity contribution in [2.24, 2.45) is 0 Å². The molecule has 0 amide bonds. The highest BCUT2D eigenvalue weighted by atomic mass is 19.1. The summed E-state index contributed by atoms with van der Waals surface area (Å²) in [5, 5.41) is 2.71. The Morgan fingerprint density at radius 1 is 1.62 bits per heavy atom. The number of alkyl halides is 2. The lowest BCUT2D eigenvalue weighted by molar-refractivity contribution is 0.341. The molecule has 1 rings (SSSR count). The lowest BCUT2D eigenvalue weighted by Crippen LogP contribution is -2.22. The Morgan fingerprint density at radius 3 is 2.62 bits per heavy atom. The lowest BCUT2D eigenvalue weighted by Gasteiger charge is -1.99. The van der Waals surface area contributed by atoms with Gasteiger partial charge < -0.3 is 5.32 Å². The van der Waals surface area contributed by atoms with Crippen LogP contribution in [0.15, 0.2) is 0 Å². The van der Waals surface area contributed by atoms with Crippen molar-refractivity contribution in [3.63, 3.8) is 0 Å². The second-order valence-corrected chi connectivity index (χ2v) is 2.09. The Hall–Kier alpha value is -0.180. The molecule has 1 nitrogen and oxygen atoms in total. The second-order valence-electron chi connectivity index (χ2n) is 2.09. The third-order valence-corrected chi connectivity index (χ3v) is 1.35. The minimum Gasteiger partial charge on any atom is -0.308 e. The van der Waals surface area contributed by atoms with Crippen LogP contribution in [0.1, 0.15) is 6.42 Å². The quantitative estimate of drug-likeness (QED) is 0.537. The maximum absolute atomic E-state index is 12.1. The molecule has 1 fully saturated rings. The van der Waals surface area contributed by atoms with Crippen LogP contribution in [0, 0.1) is 0 Å². The predicted octanol–water partition coefficient (Wildman–Crippen LogP) is 0.656. The van der Waals surface area contributed by atoms with Crippen LogP contribution in [-0.2, 0) is 0 Å². The van der Waals surface area contributed by atoms with Gasteiger partial charge in [0, 0.05) is 12.6 Å². The zero-order valence-corrected chi connectivity index (χ0v) is 4.53. The minimum atomic E-state index is -0.823. The van der Waals surface area contributed by atoms with Gasteiger partial charge in [-0.1, -0.05) is 0 Å². The van der Waals surface area contributed by atoms with Crippen LogP contribution in [0.4, 0.5) is 8.78 Å². The number of rotatable bonds is 1. The summed E-state index contributed by atoms with van der Waals surface area (Å²) >= 11 is 0. The first-order valence-electron chi connectivity index (χ1n) is 2.76. The number of halogens is 2. The molecule has 1 aliphatic heterocycles. The van der Waals surface area contributed by atoms with Crippen LogP contribution < -0.4 is 5.32 Å². The minimum absolute atomic E-state index is 0.218. The van der Waals surface area contributed by atoms with Crippen LogP contribution in [0.5, 0.6) is 0 Å². The van der Waals surface area contributed by atoms with E-state index in [1.54, 1.807) is 0 Å². The third kappa shape index (κ3) is 1.15. The van der Waals surface area contributed by atoms with Crippen LogP contribution >= 0.6 is 0 Å². The lowest BCUT2D eigenvalue weighted by atomic mass is 10.2. The highest BCUT2D eigenvalue weighted by Crippen LogP contribution is 2.09. The standard InChI is InChI=1S/C5H9F2N/c6-2-5-1-4(7)3-8-5/h4-5,8H,1-3H2/t4-,5+/m1/s1. The molecule has 1 N–H and O–H groups in total. The summed E-state index contributed by atoms with van der Waals surface area (Å²) in [5.41, 5.74) is 0. The fraction of sp³-hybridized carbons (Fsp3) is 1.00. The Labute approximate surface area is 47.1 Å². The van der Waals surface area contributed by atoms with Crippen molar-refractivity contribution in [2.45, 2.75) is 18.6 Å². The number of hydrogen-bond acceptors (Lipinski definition) is 1. The summed E-state index contributed by atoms with van der Waals surface area (Å²) in [6.45, 7) is -0.116. The maximum Gasteiger partial charge on any atom is 0.114 e. The molecule has 2 atom stereocenters. The predicted molar refractivity (Wildman–Crippen MR) is 27.3 cm³/mol. The van der Waals surface area contributed by atoms with Gasteiger partial charge in [-0.2, -0.15) is 0 Å². The normalized spacial score (nSPS) is 38.2. The van der Waals surface area contributed by atoms with Gasteiger partial charge in [0.15, 0.2) is 0 Å². The molecule has 0 aromatic heterocycles. The van der Waals surface area contributed by atoms with Crippen molar-refractivity contribution in [1.82, 2.24) is 5.32 Å². The van der Waals surface area contributed by atoms with Gasteiger partial charge in [0.2, 0.25) is 0 Å². The highest BCUT2D eigenvalue weighted by molar-refractivity contribution is 4.80. The Bertz CT molecular complexity index is 76.8. The molecule has 1 heterocycles. The summed E-state index contributed by atoms with van der Waals surface area (Å²) in [6.07, 6.45) is -0.480. The fourth-order valence-corrected chi connectivity index (χ4v) is 0.887. The topological polar surface area (TPSA) is 12.0 Å². The third-order valence-electron chi connectivity index (χ3n) is 1.35. The molecular formula is C5H9F2N. The molecule has 0 bridgehead atoms. The Balaban J connectivity index is 2.22. The van der Waals surface area contributed by atoms with E-state index < -0.39 is 12.8 Å². The van der Waals surface area contributed by atoms with E-state index in [9.17, 15) is 8.78 Å². The molecule has 0 aromatic rings. The van der Waals surface area contributed by atoms with E-state index in [0.717, 1.165) is 0 Å². The first-order valence-corrected chi connectivity index (χ1v) is 2.76. The van der Waals surface area contributed by atoms with E-state index in [1.807, 2.05) is 0 Å². The van der Waals surface area contributed by atoms with Gasteiger partial charge in [-0.15, -0.1) is 0 Å². The van der Waals surface area contributed by atoms with Crippen molar-refractivity contribution in [3.05, 3.63) is 0 Å². The monoisotopic (exact) mass is 121 g/mol. The summed E-state index contributed by atoms with van der Waals surface area (Å²) in [4.78, 5) is 0.